The van der Waals surface area contributed by atoms with Gasteiger partial charge in [0.25, 0.3) is 5.56 Å². The van der Waals surface area contributed by atoms with E-state index in [2.05, 4.69) is 15.3 Å². The molecule has 4 rings (SSSR count). The lowest BCUT2D eigenvalue weighted by Crippen LogP contribution is -2.51. The third kappa shape index (κ3) is 4.17. The smallest absolute Gasteiger partial charge is 0.329 e. The van der Waals surface area contributed by atoms with Crippen LogP contribution in [0, 0.1) is 5.92 Å². The van der Waals surface area contributed by atoms with Gasteiger partial charge in [0.15, 0.2) is 0 Å². The second-order valence-corrected chi connectivity index (χ2v) is 8.30. The van der Waals surface area contributed by atoms with Gasteiger partial charge in [-0.25, -0.2) is 14.2 Å². The average molecular weight is 448 g/mol. The third-order valence-electron chi connectivity index (χ3n) is 5.77. The second-order valence-electron chi connectivity index (χ2n) is 8.30. The molecule has 2 atom stereocenters. The summed E-state index contributed by atoms with van der Waals surface area (Å²) in [4.78, 5) is 57.1. The quantitative estimate of drug-likeness (QED) is 0.343. The highest BCUT2D eigenvalue weighted by Crippen LogP contribution is 2.23. The van der Waals surface area contributed by atoms with Crippen LogP contribution in [0.3, 0.4) is 0 Å². The van der Waals surface area contributed by atoms with Crippen molar-refractivity contribution < 1.29 is 14.7 Å². The van der Waals surface area contributed by atoms with E-state index in [1.807, 2.05) is 24.3 Å². The van der Waals surface area contributed by atoms with Crippen molar-refractivity contribution in [1.82, 2.24) is 19.9 Å². The average Bonchev–Trinajstić information content (AvgIpc) is 3.19. The summed E-state index contributed by atoms with van der Waals surface area (Å²) in [6.45, 7) is 3.34. The Morgan fingerprint density at radius 3 is 2.30 bits per heavy atom. The maximum Gasteiger partial charge on any atom is 0.329 e. The van der Waals surface area contributed by atoms with E-state index in [9.17, 15) is 24.3 Å². The number of rotatable bonds is 7. The number of hydrogen-bond donors (Lipinski definition) is 4. The Morgan fingerprint density at radius 2 is 1.64 bits per heavy atom. The second kappa shape index (κ2) is 8.78. The molecule has 33 heavy (non-hydrogen) atoms. The molecule has 9 nitrogen and oxygen atoms in total. The molecule has 170 valence electrons. The molecular weight excluding hydrogens is 424 g/mol. The highest BCUT2D eigenvalue weighted by Gasteiger charge is 2.31. The SMILES string of the molecule is CC(C)C(NC(=O)C(Cc1c[nH]c2ccccc12)n1c(=O)[nH]c2ccccc2c1=O)C(=O)O. The summed E-state index contributed by atoms with van der Waals surface area (Å²) in [7, 11) is 0. The molecule has 0 bridgehead atoms. The number of carboxylic acids is 1. The fourth-order valence-corrected chi connectivity index (χ4v) is 4.03. The number of aromatic nitrogens is 3. The van der Waals surface area contributed by atoms with Gasteiger partial charge in [-0.15, -0.1) is 0 Å². The molecule has 0 saturated carbocycles. The Bertz CT molecular complexity index is 1460. The summed E-state index contributed by atoms with van der Waals surface area (Å²) in [5, 5.41) is 13.2. The number of carbonyl (C=O) groups excluding carboxylic acids is 1. The number of amides is 1. The number of aromatic amines is 2. The summed E-state index contributed by atoms with van der Waals surface area (Å²) in [6, 6.07) is 11.6. The van der Waals surface area contributed by atoms with E-state index in [-0.39, 0.29) is 11.8 Å². The molecule has 0 fully saturated rings. The van der Waals surface area contributed by atoms with E-state index in [1.54, 1.807) is 44.3 Å². The zero-order chi connectivity index (χ0) is 23.7. The Labute approximate surface area is 188 Å². The summed E-state index contributed by atoms with van der Waals surface area (Å²) in [6.07, 6.45) is 1.74. The van der Waals surface area contributed by atoms with Crippen LogP contribution in [0.5, 0.6) is 0 Å². The standard InChI is InChI=1S/C24H24N4O5/c1-13(2)20(23(31)32)27-21(29)19(11-14-12-25-17-9-5-3-7-15(14)17)28-22(30)16-8-4-6-10-18(16)26-24(28)33/h3-10,12-13,19-20,25H,11H2,1-2H3,(H,26,33)(H,27,29)(H,31,32). The number of H-pyrrole nitrogens is 2. The molecule has 0 spiro atoms. The Kier molecular flexibility index (Phi) is 5.87. The lowest BCUT2D eigenvalue weighted by molar-refractivity contribution is -0.143. The first-order chi connectivity index (χ1) is 15.8. The van der Waals surface area contributed by atoms with Crippen LogP contribution in [0.25, 0.3) is 21.8 Å². The van der Waals surface area contributed by atoms with Gasteiger partial charge in [0.1, 0.15) is 12.1 Å². The minimum absolute atomic E-state index is 0.0155. The molecule has 0 aliphatic carbocycles. The lowest BCUT2D eigenvalue weighted by Gasteiger charge is -2.23. The van der Waals surface area contributed by atoms with Gasteiger partial charge in [-0.2, -0.15) is 0 Å². The minimum Gasteiger partial charge on any atom is -0.480 e. The number of nitrogens with one attached hydrogen (secondary N) is 3. The number of nitrogens with zero attached hydrogens (tertiary/aromatic N) is 1. The lowest BCUT2D eigenvalue weighted by atomic mass is 10.0. The number of para-hydroxylation sites is 2. The molecule has 1 amide bonds. The minimum atomic E-state index is -1.26. The van der Waals surface area contributed by atoms with Gasteiger partial charge < -0.3 is 20.4 Å². The third-order valence-corrected chi connectivity index (χ3v) is 5.77. The van der Waals surface area contributed by atoms with Gasteiger partial charge in [0.05, 0.1) is 10.9 Å². The fourth-order valence-electron chi connectivity index (χ4n) is 4.03. The summed E-state index contributed by atoms with van der Waals surface area (Å²) in [5.74, 6) is -2.31. The van der Waals surface area contributed by atoms with Crippen LogP contribution in [0.2, 0.25) is 0 Å². The predicted octanol–water partition coefficient (Wildman–Crippen LogP) is 2.18. The van der Waals surface area contributed by atoms with E-state index in [4.69, 9.17) is 0 Å². The van der Waals surface area contributed by atoms with Crippen molar-refractivity contribution in [3.8, 4) is 0 Å². The predicted molar refractivity (Wildman–Crippen MR) is 124 cm³/mol. The molecular formula is C24H24N4O5. The van der Waals surface area contributed by atoms with E-state index < -0.39 is 41.1 Å². The largest absolute Gasteiger partial charge is 0.480 e. The molecule has 2 aromatic heterocycles. The highest BCUT2D eigenvalue weighted by atomic mass is 16.4. The van der Waals surface area contributed by atoms with Crippen LogP contribution in [0.15, 0.2) is 64.3 Å². The Morgan fingerprint density at radius 1 is 1.00 bits per heavy atom. The van der Waals surface area contributed by atoms with Gasteiger partial charge >= 0.3 is 11.7 Å². The van der Waals surface area contributed by atoms with Crippen molar-refractivity contribution >= 4 is 33.7 Å². The molecule has 2 heterocycles. The van der Waals surface area contributed by atoms with Gasteiger partial charge in [-0.05, 0) is 29.7 Å². The van der Waals surface area contributed by atoms with Crippen LogP contribution in [-0.4, -0.2) is 37.6 Å². The molecule has 2 aromatic carbocycles. The zero-order valence-corrected chi connectivity index (χ0v) is 18.2. The van der Waals surface area contributed by atoms with E-state index in [1.165, 1.54) is 0 Å². The van der Waals surface area contributed by atoms with Gasteiger partial charge in [-0.1, -0.05) is 44.2 Å². The maximum absolute atomic E-state index is 13.4. The normalized spacial score (nSPS) is 13.3. The van der Waals surface area contributed by atoms with Gasteiger partial charge in [-0.3, -0.25) is 9.59 Å². The first-order valence-electron chi connectivity index (χ1n) is 10.6. The molecule has 0 aliphatic rings. The summed E-state index contributed by atoms with van der Waals surface area (Å²) < 4.78 is 0.874. The number of carboxylic acid groups (broad SMARTS) is 1. The topological polar surface area (TPSA) is 137 Å². The molecule has 9 heteroatoms. The maximum atomic E-state index is 13.4. The van der Waals surface area contributed by atoms with Crippen molar-refractivity contribution in [1.29, 1.82) is 0 Å². The Hall–Kier alpha value is -4.14. The van der Waals surface area contributed by atoms with Crippen molar-refractivity contribution in [2.24, 2.45) is 5.92 Å². The van der Waals surface area contributed by atoms with E-state index in [0.29, 0.717) is 5.52 Å². The molecule has 2 unspecified atom stereocenters. The van der Waals surface area contributed by atoms with Gasteiger partial charge in [0.2, 0.25) is 5.91 Å². The molecule has 4 aromatic rings. The van der Waals surface area contributed by atoms with Crippen molar-refractivity contribution in [3.05, 3.63) is 81.1 Å². The van der Waals surface area contributed by atoms with Gasteiger partial charge in [0, 0.05) is 23.5 Å². The monoisotopic (exact) mass is 448 g/mol. The van der Waals surface area contributed by atoms with Crippen molar-refractivity contribution in [3.63, 3.8) is 0 Å². The first kappa shape index (κ1) is 22.1. The van der Waals surface area contributed by atoms with Crippen molar-refractivity contribution in [2.75, 3.05) is 0 Å². The number of benzene rings is 2. The molecule has 0 saturated heterocycles. The molecule has 0 radical (unpaired) electrons. The summed E-state index contributed by atoms with van der Waals surface area (Å²) >= 11 is 0. The van der Waals surface area contributed by atoms with E-state index in [0.717, 1.165) is 21.0 Å². The van der Waals surface area contributed by atoms with Crippen LogP contribution in [-0.2, 0) is 16.0 Å². The van der Waals surface area contributed by atoms with Crippen LogP contribution >= 0.6 is 0 Å². The van der Waals surface area contributed by atoms with E-state index >= 15 is 0 Å². The molecule has 4 N–H and O–H groups in total. The van der Waals surface area contributed by atoms with Crippen molar-refractivity contribution in [2.45, 2.75) is 32.4 Å². The summed E-state index contributed by atoms with van der Waals surface area (Å²) in [5.41, 5.74) is 0.570. The molecule has 0 aliphatic heterocycles. The number of aliphatic carboxylic acids is 1. The van der Waals surface area contributed by atoms with Crippen LogP contribution in [0.4, 0.5) is 0 Å². The van der Waals surface area contributed by atoms with Crippen LogP contribution in [0.1, 0.15) is 25.5 Å². The zero-order valence-electron chi connectivity index (χ0n) is 18.2. The fraction of sp³-hybridized carbons (Fsp3) is 0.250. The number of fused-ring (bicyclic) bond motifs is 2. The Balaban J connectivity index is 1.85. The first-order valence-corrected chi connectivity index (χ1v) is 10.6. The number of carbonyl (C=O) groups is 2. The van der Waals surface area contributed by atoms with Crippen LogP contribution < -0.4 is 16.6 Å². The number of hydrogen-bond acceptors (Lipinski definition) is 4. The highest BCUT2D eigenvalue weighted by molar-refractivity contribution is 5.88.